The molecular formula is C12H7F4N3O3S. The van der Waals surface area contributed by atoms with E-state index in [1.807, 2.05) is 5.32 Å². The van der Waals surface area contributed by atoms with E-state index in [4.69, 9.17) is 0 Å². The molecule has 0 saturated heterocycles. The molecule has 0 aliphatic heterocycles. The minimum atomic E-state index is -4.69. The molecule has 1 aromatic heterocycles. The van der Waals surface area contributed by atoms with Gasteiger partial charge in [0.15, 0.2) is 0 Å². The summed E-state index contributed by atoms with van der Waals surface area (Å²) in [6.45, 7) is 0. The van der Waals surface area contributed by atoms with E-state index in [-0.39, 0.29) is 16.9 Å². The van der Waals surface area contributed by atoms with Crippen molar-refractivity contribution in [3.05, 3.63) is 40.2 Å². The number of carbonyl (C=O) groups is 2. The van der Waals surface area contributed by atoms with E-state index in [1.54, 1.807) is 0 Å². The molecule has 0 saturated carbocycles. The van der Waals surface area contributed by atoms with Crippen molar-refractivity contribution in [2.45, 2.75) is 6.18 Å². The van der Waals surface area contributed by atoms with Crippen LogP contribution in [0.2, 0.25) is 0 Å². The number of carbonyl (C=O) groups excluding carboxylic acids is 2. The van der Waals surface area contributed by atoms with E-state index in [9.17, 15) is 27.2 Å². The van der Waals surface area contributed by atoms with Crippen LogP contribution < -0.4 is 5.32 Å². The molecule has 0 unspecified atom stereocenters. The van der Waals surface area contributed by atoms with Crippen LogP contribution in [0.4, 0.5) is 22.7 Å². The summed E-state index contributed by atoms with van der Waals surface area (Å²) in [5.41, 5.74) is -0.585. The van der Waals surface area contributed by atoms with Crippen LogP contribution in [0.1, 0.15) is 25.7 Å². The molecule has 0 radical (unpaired) electrons. The predicted molar refractivity (Wildman–Crippen MR) is 70.6 cm³/mol. The number of hydrogen-bond donors (Lipinski definition) is 1. The number of alkyl halides is 3. The molecule has 6 nitrogen and oxygen atoms in total. The lowest BCUT2D eigenvalue weighted by molar-refractivity contribution is -0.138. The van der Waals surface area contributed by atoms with Gasteiger partial charge in [0.25, 0.3) is 5.91 Å². The van der Waals surface area contributed by atoms with Gasteiger partial charge in [0.2, 0.25) is 10.1 Å². The van der Waals surface area contributed by atoms with Crippen molar-refractivity contribution < 1.29 is 31.9 Å². The lowest BCUT2D eigenvalue weighted by atomic mass is 10.1. The van der Waals surface area contributed by atoms with E-state index in [0.717, 1.165) is 25.3 Å². The lowest BCUT2D eigenvalue weighted by Gasteiger charge is -2.05. The second-order valence-corrected chi connectivity index (χ2v) is 5.03. The summed E-state index contributed by atoms with van der Waals surface area (Å²) in [6.07, 6.45) is -4.69. The molecular weight excluding hydrogens is 342 g/mol. The zero-order valence-corrected chi connectivity index (χ0v) is 12.1. The van der Waals surface area contributed by atoms with Crippen LogP contribution >= 0.6 is 11.3 Å². The Hall–Kier alpha value is -2.56. The van der Waals surface area contributed by atoms with E-state index in [0.29, 0.717) is 0 Å². The smallest absolute Gasteiger partial charge is 0.445 e. The molecule has 0 bridgehead atoms. The number of nitrogens with zero attached hydrogens (tertiary/aromatic N) is 2. The molecule has 1 amide bonds. The van der Waals surface area contributed by atoms with Gasteiger partial charge in [-0.1, -0.05) is 11.3 Å². The van der Waals surface area contributed by atoms with Crippen LogP contribution in [0, 0.1) is 5.82 Å². The molecule has 1 N–H and O–H groups in total. The molecule has 122 valence electrons. The molecule has 1 heterocycles. The normalized spacial score (nSPS) is 11.2. The van der Waals surface area contributed by atoms with Crippen molar-refractivity contribution in [3.8, 4) is 0 Å². The molecule has 23 heavy (non-hydrogen) atoms. The number of ether oxygens (including phenoxy) is 1. The van der Waals surface area contributed by atoms with Gasteiger partial charge in [-0.05, 0) is 18.2 Å². The maximum atomic E-state index is 13.8. The molecule has 0 aliphatic carbocycles. The second kappa shape index (κ2) is 6.28. The Bertz CT molecular complexity index is 760. The first-order valence-corrected chi connectivity index (χ1v) is 6.64. The van der Waals surface area contributed by atoms with Crippen LogP contribution in [0.3, 0.4) is 0 Å². The predicted octanol–water partition coefficient (Wildman–Crippen LogP) is 2.73. The van der Waals surface area contributed by atoms with Gasteiger partial charge in [0, 0.05) is 0 Å². The molecule has 1 aromatic carbocycles. The molecule has 0 atom stereocenters. The molecule has 0 spiro atoms. The largest absolute Gasteiger partial charge is 0.465 e. The number of benzene rings is 1. The summed E-state index contributed by atoms with van der Waals surface area (Å²) in [5.74, 6) is -2.86. The average Bonchev–Trinajstić information content (AvgIpc) is 2.94. The van der Waals surface area contributed by atoms with Crippen molar-refractivity contribution in [1.29, 1.82) is 0 Å². The van der Waals surface area contributed by atoms with E-state index < -0.39 is 39.6 Å². The zero-order valence-electron chi connectivity index (χ0n) is 11.3. The first kappa shape index (κ1) is 16.8. The first-order chi connectivity index (χ1) is 10.7. The molecule has 2 aromatic rings. The molecule has 0 aliphatic rings. The van der Waals surface area contributed by atoms with E-state index >= 15 is 0 Å². The average molecular weight is 349 g/mol. The number of aromatic nitrogens is 2. The summed E-state index contributed by atoms with van der Waals surface area (Å²) in [6, 6.07) is 2.93. The van der Waals surface area contributed by atoms with Crippen LogP contribution in [0.25, 0.3) is 0 Å². The quantitative estimate of drug-likeness (QED) is 0.681. The summed E-state index contributed by atoms with van der Waals surface area (Å²) in [4.78, 5) is 23.1. The molecule has 11 heteroatoms. The Balaban J connectivity index is 2.18. The zero-order chi connectivity index (χ0) is 17.2. The number of halogens is 4. The summed E-state index contributed by atoms with van der Waals surface area (Å²) < 4.78 is 55.3. The molecule has 0 fully saturated rings. The maximum Gasteiger partial charge on any atom is 0.445 e. The van der Waals surface area contributed by atoms with E-state index in [1.165, 1.54) is 0 Å². The van der Waals surface area contributed by atoms with Crippen molar-refractivity contribution in [2.24, 2.45) is 0 Å². The summed E-state index contributed by atoms with van der Waals surface area (Å²) >= 11 is 0.105. The highest BCUT2D eigenvalue weighted by molar-refractivity contribution is 7.15. The standard InChI is InChI=1S/C12H7F4N3O3S/c1-22-9(21)5-2-3-6(7(13)4-5)8(20)17-11-19-18-10(23-11)12(14,15)16/h2-4H,1H3,(H,17,19,20). The van der Waals surface area contributed by atoms with Gasteiger partial charge >= 0.3 is 12.1 Å². The topological polar surface area (TPSA) is 81.2 Å². The van der Waals surface area contributed by atoms with Gasteiger partial charge in [0.1, 0.15) is 5.82 Å². The lowest BCUT2D eigenvalue weighted by Crippen LogP contribution is -2.14. The van der Waals surface area contributed by atoms with Crippen LogP contribution in [0.15, 0.2) is 18.2 Å². The minimum absolute atomic E-state index is 0.105. The number of rotatable bonds is 3. The Morgan fingerprint density at radius 1 is 1.26 bits per heavy atom. The van der Waals surface area contributed by atoms with Crippen molar-refractivity contribution in [3.63, 3.8) is 0 Å². The first-order valence-electron chi connectivity index (χ1n) is 5.82. The molecule has 2 rings (SSSR count). The number of amides is 1. The number of methoxy groups -OCH3 is 1. The highest BCUT2D eigenvalue weighted by atomic mass is 32.1. The second-order valence-electron chi connectivity index (χ2n) is 4.05. The van der Waals surface area contributed by atoms with Crippen molar-refractivity contribution in [2.75, 3.05) is 12.4 Å². The van der Waals surface area contributed by atoms with Gasteiger partial charge in [-0.3, -0.25) is 10.1 Å². The van der Waals surface area contributed by atoms with Gasteiger partial charge in [-0.25, -0.2) is 9.18 Å². The van der Waals surface area contributed by atoms with Crippen LogP contribution in [-0.2, 0) is 10.9 Å². The number of anilines is 1. The van der Waals surface area contributed by atoms with Gasteiger partial charge in [0.05, 0.1) is 18.2 Å². The minimum Gasteiger partial charge on any atom is -0.465 e. The fourth-order valence-electron chi connectivity index (χ4n) is 1.50. The van der Waals surface area contributed by atoms with Crippen LogP contribution in [-0.4, -0.2) is 29.2 Å². The van der Waals surface area contributed by atoms with Crippen molar-refractivity contribution in [1.82, 2.24) is 10.2 Å². The van der Waals surface area contributed by atoms with Gasteiger partial charge < -0.3 is 4.74 Å². The Morgan fingerprint density at radius 3 is 2.48 bits per heavy atom. The van der Waals surface area contributed by atoms with Crippen molar-refractivity contribution >= 4 is 28.3 Å². The Morgan fingerprint density at radius 2 is 1.96 bits per heavy atom. The Kier molecular flexibility index (Phi) is 4.59. The third-order valence-corrected chi connectivity index (χ3v) is 3.41. The highest BCUT2D eigenvalue weighted by Gasteiger charge is 2.35. The van der Waals surface area contributed by atoms with E-state index in [2.05, 4.69) is 14.9 Å². The number of nitrogens with one attached hydrogen (secondary N) is 1. The van der Waals surface area contributed by atoms with Gasteiger partial charge in [-0.2, -0.15) is 13.2 Å². The number of esters is 1. The fourth-order valence-corrected chi connectivity index (χ4v) is 2.10. The van der Waals surface area contributed by atoms with Crippen LogP contribution in [0.5, 0.6) is 0 Å². The maximum absolute atomic E-state index is 13.8. The third-order valence-electron chi connectivity index (χ3n) is 2.52. The summed E-state index contributed by atoms with van der Waals surface area (Å²) in [5, 5.41) is 6.37. The third kappa shape index (κ3) is 3.80. The number of hydrogen-bond acceptors (Lipinski definition) is 6. The monoisotopic (exact) mass is 349 g/mol. The Labute approximate surface area is 130 Å². The summed E-state index contributed by atoms with van der Waals surface area (Å²) in [7, 11) is 1.11. The SMILES string of the molecule is COC(=O)c1ccc(C(=O)Nc2nnc(C(F)(F)F)s2)c(F)c1. The fraction of sp³-hybridized carbons (Fsp3) is 0.167. The highest BCUT2D eigenvalue weighted by Crippen LogP contribution is 2.33. The van der Waals surface area contributed by atoms with Gasteiger partial charge in [-0.15, -0.1) is 10.2 Å².